The molecule has 0 radical (unpaired) electrons. The van der Waals surface area contributed by atoms with Crippen LogP contribution in [0.3, 0.4) is 0 Å². The smallest absolute Gasteiger partial charge is 0.409 e. The second-order valence-electron chi connectivity index (χ2n) is 8.48. The Hall–Kier alpha value is -1.11. The summed E-state index contributed by atoms with van der Waals surface area (Å²) < 4.78 is 10.9. The molecular weight excluding hydrogens is 332 g/mol. The van der Waals surface area contributed by atoms with E-state index in [4.69, 9.17) is 9.47 Å². The largest absolute Gasteiger partial charge is 0.450 e. The van der Waals surface area contributed by atoms with Gasteiger partial charge in [0.05, 0.1) is 25.9 Å². The number of hydrogen-bond acceptors (Lipinski definition) is 5. The van der Waals surface area contributed by atoms with Gasteiger partial charge in [0.1, 0.15) is 0 Å². The highest BCUT2D eigenvalue weighted by Crippen LogP contribution is 2.59. The number of fused-ring (bicyclic) bond motifs is 1. The molecule has 2 fully saturated rings. The van der Waals surface area contributed by atoms with Crippen LogP contribution in [-0.4, -0.2) is 79.6 Å². The third-order valence-electron chi connectivity index (χ3n) is 6.53. The number of allylic oxidation sites excluding steroid dienone is 1. The van der Waals surface area contributed by atoms with Crippen molar-refractivity contribution in [1.29, 1.82) is 0 Å². The van der Waals surface area contributed by atoms with Crippen molar-refractivity contribution in [3.63, 3.8) is 0 Å². The third kappa shape index (κ3) is 4.24. The maximum Gasteiger partial charge on any atom is 0.409 e. The fourth-order valence-corrected chi connectivity index (χ4v) is 4.63. The molecule has 3 aliphatic carbocycles. The van der Waals surface area contributed by atoms with Gasteiger partial charge in [0, 0.05) is 32.7 Å². The molecule has 1 N–H and O–H groups in total. The van der Waals surface area contributed by atoms with Crippen LogP contribution in [0.25, 0.3) is 0 Å². The standard InChI is InChI=1S/C20H34N2O4/c1-4-26-19(24)22-9-7-21(8-10-22)12-17(23)14-25-13-15-5-6-16-11-18(15)20(16,2)3/h5,16-18,23H,4,6-14H2,1-3H3/t16-,17+,18-/m0/s1. The number of carbonyl (C=O) groups is 1. The maximum atomic E-state index is 11.7. The van der Waals surface area contributed by atoms with Crippen molar-refractivity contribution in [1.82, 2.24) is 9.80 Å². The first-order valence-corrected chi connectivity index (χ1v) is 10.0. The van der Waals surface area contributed by atoms with E-state index in [9.17, 15) is 9.90 Å². The van der Waals surface area contributed by atoms with Gasteiger partial charge in [0.25, 0.3) is 0 Å². The van der Waals surface area contributed by atoms with E-state index < -0.39 is 6.10 Å². The molecule has 1 saturated carbocycles. The monoisotopic (exact) mass is 366 g/mol. The zero-order valence-corrected chi connectivity index (χ0v) is 16.4. The summed E-state index contributed by atoms with van der Waals surface area (Å²) in [6, 6.07) is 0. The van der Waals surface area contributed by atoms with Gasteiger partial charge >= 0.3 is 6.09 Å². The Morgan fingerprint density at radius 3 is 2.69 bits per heavy atom. The highest BCUT2D eigenvalue weighted by Gasteiger charge is 2.50. The Kier molecular flexibility index (Phi) is 6.25. The number of carbonyl (C=O) groups excluding carboxylic acids is 1. The Balaban J connectivity index is 1.32. The molecule has 1 aliphatic heterocycles. The Bertz CT molecular complexity index is 526. The number of rotatable bonds is 7. The zero-order chi connectivity index (χ0) is 18.7. The van der Waals surface area contributed by atoms with Crippen LogP contribution in [-0.2, 0) is 9.47 Å². The number of aliphatic hydroxyl groups excluding tert-OH is 1. The zero-order valence-electron chi connectivity index (χ0n) is 16.4. The molecule has 0 spiro atoms. The fraction of sp³-hybridized carbons (Fsp3) is 0.850. The van der Waals surface area contributed by atoms with Crippen molar-refractivity contribution in [3.05, 3.63) is 11.6 Å². The van der Waals surface area contributed by atoms with E-state index in [0.717, 1.165) is 19.0 Å². The predicted molar refractivity (Wildman–Crippen MR) is 99.9 cm³/mol. The van der Waals surface area contributed by atoms with Crippen molar-refractivity contribution in [2.75, 3.05) is 52.5 Å². The van der Waals surface area contributed by atoms with E-state index in [1.807, 2.05) is 6.92 Å². The maximum absolute atomic E-state index is 11.7. The first kappa shape index (κ1) is 19.6. The molecule has 4 rings (SSSR count). The molecule has 3 atom stereocenters. The molecule has 0 aromatic rings. The Morgan fingerprint density at radius 1 is 1.35 bits per heavy atom. The fourth-order valence-electron chi connectivity index (χ4n) is 4.63. The second-order valence-corrected chi connectivity index (χ2v) is 8.48. The summed E-state index contributed by atoms with van der Waals surface area (Å²) >= 11 is 0. The van der Waals surface area contributed by atoms with Crippen LogP contribution < -0.4 is 0 Å². The van der Waals surface area contributed by atoms with Crippen molar-refractivity contribution in [2.24, 2.45) is 17.3 Å². The molecule has 2 bridgehead atoms. The average molecular weight is 367 g/mol. The van der Waals surface area contributed by atoms with Crippen LogP contribution in [0.1, 0.15) is 33.6 Å². The molecule has 4 aliphatic rings. The number of nitrogens with zero attached hydrogens (tertiary/aromatic N) is 2. The first-order chi connectivity index (χ1) is 12.4. The summed E-state index contributed by atoms with van der Waals surface area (Å²) in [7, 11) is 0. The van der Waals surface area contributed by atoms with Crippen LogP contribution in [0.2, 0.25) is 0 Å². The minimum absolute atomic E-state index is 0.238. The van der Waals surface area contributed by atoms with Crippen molar-refractivity contribution < 1.29 is 19.4 Å². The predicted octanol–water partition coefficient (Wildman–Crippen LogP) is 2.13. The molecule has 6 heteroatoms. The molecule has 1 heterocycles. The van der Waals surface area contributed by atoms with Crippen molar-refractivity contribution in [3.8, 4) is 0 Å². The first-order valence-electron chi connectivity index (χ1n) is 10.0. The van der Waals surface area contributed by atoms with Gasteiger partial charge < -0.3 is 19.5 Å². The summed E-state index contributed by atoms with van der Waals surface area (Å²) in [5.74, 6) is 1.50. The van der Waals surface area contributed by atoms with Crippen LogP contribution in [0, 0.1) is 17.3 Å². The van der Waals surface area contributed by atoms with Gasteiger partial charge in [-0.15, -0.1) is 0 Å². The van der Waals surface area contributed by atoms with Crippen molar-refractivity contribution in [2.45, 2.75) is 39.7 Å². The summed E-state index contributed by atoms with van der Waals surface area (Å²) in [5, 5.41) is 10.3. The minimum Gasteiger partial charge on any atom is -0.450 e. The number of ether oxygens (including phenoxy) is 2. The topological polar surface area (TPSA) is 62.2 Å². The van der Waals surface area contributed by atoms with Gasteiger partial charge in [-0.2, -0.15) is 0 Å². The van der Waals surface area contributed by atoms with Crippen LogP contribution in [0.15, 0.2) is 11.6 Å². The number of aliphatic hydroxyl groups is 1. The summed E-state index contributed by atoms with van der Waals surface area (Å²) in [6.07, 6.45) is 4.10. The van der Waals surface area contributed by atoms with E-state index in [-0.39, 0.29) is 6.09 Å². The Labute approximate surface area is 157 Å². The molecule has 1 saturated heterocycles. The van der Waals surface area contributed by atoms with Crippen LogP contribution >= 0.6 is 0 Å². The number of piperazine rings is 1. The lowest BCUT2D eigenvalue weighted by molar-refractivity contribution is -0.0274. The number of hydrogen-bond donors (Lipinski definition) is 1. The number of amides is 1. The molecule has 6 nitrogen and oxygen atoms in total. The lowest BCUT2D eigenvalue weighted by Gasteiger charge is -2.56. The van der Waals surface area contributed by atoms with E-state index in [0.29, 0.717) is 50.8 Å². The quantitative estimate of drug-likeness (QED) is 0.700. The number of β-amino-alcohol motifs (C(OH)–C–C–N with tert-alkyl or cyclic N) is 1. The van der Waals surface area contributed by atoms with E-state index in [1.54, 1.807) is 4.90 Å². The lowest BCUT2D eigenvalue weighted by Crippen LogP contribution is -2.51. The highest BCUT2D eigenvalue weighted by atomic mass is 16.6. The van der Waals surface area contributed by atoms with Gasteiger partial charge in [-0.05, 0) is 42.6 Å². The van der Waals surface area contributed by atoms with Gasteiger partial charge in [-0.1, -0.05) is 19.9 Å². The van der Waals surface area contributed by atoms with Crippen LogP contribution in [0.4, 0.5) is 4.79 Å². The lowest BCUT2D eigenvalue weighted by atomic mass is 9.49. The third-order valence-corrected chi connectivity index (χ3v) is 6.53. The van der Waals surface area contributed by atoms with E-state index in [2.05, 4.69) is 24.8 Å². The van der Waals surface area contributed by atoms with Crippen molar-refractivity contribution >= 4 is 6.09 Å². The molecule has 0 unspecified atom stereocenters. The van der Waals surface area contributed by atoms with E-state index >= 15 is 0 Å². The summed E-state index contributed by atoms with van der Waals surface area (Å²) in [5.41, 5.74) is 1.85. The molecule has 1 amide bonds. The summed E-state index contributed by atoms with van der Waals surface area (Å²) in [6.45, 7) is 11.4. The minimum atomic E-state index is -0.490. The van der Waals surface area contributed by atoms with Crippen LogP contribution in [0.5, 0.6) is 0 Å². The van der Waals surface area contributed by atoms with Gasteiger partial charge in [0.2, 0.25) is 0 Å². The average Bonchev–Trinajstić information content (AvgIpc) is 2.62. The molecule has 0 aromatic heterocycles. The molecule has 26 heavy (non-hydrogen) atoms. The molecular formula is C20H34N2O4. The highest BCUT2D eigenvalue weighted by molar-refractivity contribution is 5.67. The SMILES string of the molecule is CCOC(=O)N1CCN(C[C@@H](O)COCC2=CC[C@H]3C[C@@H]2C3(C)C)CC1. The summed E-state index contributed by atoms with van der Waals surface area (Å²) in [4.78, 5) is 15.6. The van der Waals surface area contributed by atoms with E-state index in [1.165, 1.54) is 18.4 Å². The van der Waals surface area contributed by atoms with Gasteiger partial charge in [-0.3, -0.25) is 4.90 Å². The second kappa shape index (κ2) is 8.28. The Morgan fingerprint density at radius 2 is 2.08 bits per heavy atom. The van der Waals surface area contributed by atoms with Gasteiger partial charge in [0.15, 0.2) is 0 Å². The van der Waals surface area contributed by atoms with Gasteiger partial charge in [-0.25, -0.2) is 4.79 Å². The normalized spacial score (nSPS) is 28.9. The molecule has 0 aromatic carbocycles. The molecule has 148 valence electrons.